The Morgan fingerprint density at radius 1 is 1.22 bits per heavy atom. The van der Waals surface area contributed by atoms with Gasteiger partial charge in [-0.2, -0.15) is 0 Å². The van der Waals surface area contributed by atoms with Gasteiger partial charge in [0.15, 0.2) is 8.32 Å². The zero-order valence-corrected chi connectivity index (χ0v) is 19.1. The van der Waals surface area contributed by atoms with Crippen molar-refractivity contribution in [3.8, 4) is 0 Å². The second-order valence-corrected chi connectivity index (χ2v) is 14.3. The van der Waals surface area contributed by atoms with Gasteiger partial charge in [-0.3, -0.25) is 9.69 Å². The molecule has 1 fully saturated rings. The molecule has 0 bridgehead atoms. The number of rotatable bonds is 7. The molecule has 0 aromatic heterocycles. The Morgan fingerprint density at radius 2 is 1.85 bits per heavy atom. The van der Waals surface area contributed by atoms with E-state index in [0.29, 0.717) is 12.5 Å². The van der Waals surface area contributed by atoms with E-state index in [1.54, 1.807) is 0 Å². The Hall–Kier alpha value is -1.17. The van der Waals surface area contributed by atoms with Gasteiger partial charge in [0.05, 0.1) is 13.0 Å². The molecular formula is C22H37NO3Si. The van der Waals surface area contributed by atoms with Crippen molar-refractivity contribution in [1.82, 2.24) is 4.90 Å². The van der Waals surface area contributed by atoms with E-state index in [0.717, 1.165) is 19.6 Å². The zero-order chi connectivity index (χ0) is 20.2. The van der Waals surface area contributed by atoms with Crippen LogP contribution in [0.4, 0.5) is 0 Å². The highest BCUT2D eigenvalue weighted by Gasteiger charge is 2.43. The summed E-state index contributed by atoms with van der Waals surface area (Å²) in [6.07, 6.45) is 0. The summed E-state index contributed by atoms with van der Waals surface area (Å²) in [5.74, 6) is 0.432. The van der Waals surface area contributed by atoms with Gasteiger partial charge in [-0.1, -0.05) is 58.0 Å². The fourth-order valence-electron chi connectivity index (χ4n) is 3.54. The second-order valence-electron chi connectivity index (χ2n) is 9.52. The first kappa shape index (κ1) is 22.1. The lowest BCUT2D eigenvalue weighted by Gasteiger charge is -2.38. The van der Waals surface area contributed by atoms with Gasteiger partial charge >= 0.3 is 5.97 Å². The van der Waals surface area contributed by atoms with E-state index in [2.05, 4.69) is 70.0 Å². The predicted molar refractivity (Wildman–Crippen MR) is 113 cm³/mol. The lowest BCUT2D eigenvalue weighted by atomic mass is 9.85. The highest BCUT2D eigenvalue weighted by molar-refractivity contribution is 6.74. The quantitative estimate of drug-likeness (QED) is 0.504. The van der Waals surface area contributed by atoms with Crippen LogP contribution in [0.3, 0.4) is 0 Å². The van der Waals surface area contributed by atoms with E-state index in [1.165, 1.54) is 12.7 Å². The first-order valence-electron chi connectivity index (χ1n) is 10.0. The molecule has 27 heavy (non-hydrogen) atoms. The molecule has 0 radical (unpaired) electrons. The number of hydrogen-bond donors (Lipinski definition) is 0. The van der Waals surface area contributed by atoms with Gasteiger partial charge in [0.1, 0.15) is 0 Å². The second kappa shape index (κ2) is 8.89. The minimum atomic E-state index is -1.78. The van der Waals surface area contributed by atoms with Gasteiger partial charge in [-0.05, 0) is 35.5 Å². The van der Waals surface area contributed by atoms with Gasteiger partial charge in [0.2, 0.25) is 0 Å². The first-order valence-corrected chi connectivity index (χ1v) is 12.9. The molecule has 2 rings (SSSR count). The topological polar surface area (TPSA) is 38.8 Å². The molecule has 1 aliphatic heterocycles. The summed E-state index contributed by atoms with van der Waals surface area (Å²) < 4.78 is 11.6. The van der Waals surface area contributed by atoms with E-state index in [1.807, 2.05) is 6.07 Å². The van der Waals surface area contributed by atoms with Gasteiger partial charge in [0.25, 0.3) is 0 Å². The molecule has 1 saturated heterocycles. The average molecular weight is 392 g/mol. The van der Waals surface area contributed by atoms with Gasteiger partial charge in [0, 0.05) is 26.2 Å². The van der Waals surface area contributed by atoms with Crippen LogP contribution in [-0.2, 0) is 20.5 Å². The maximum Gasteiger partial charge on any atom is 0.310 e. The minimum Gasteiger partial charge on any atom is -0.469 e. The number of nitrogens with zero attached hydrogens (tertiary/aromatic N) is 1. The van der Waals surface area contributed by atoms with E-state index in [4.69, 9.17) is 9.16 Å². The maximum absolute atomic E-state index is 12.4. The van der Waals surface area contributed by atoms with Gasteiger partial charge in [-0.15, -0.1) is 0 Å². The summed E-state index contributed by atoms with van der Waals surface area (Å²) in [5.41, 5.74) is 1.28. The summed E-state index contributed by atoms with van der Waals surface area (Å²) in [6, 6.07) is 10.5. The Kier molecular flexibility index (Phi) is 7.28. The third kappa shape index (κ3) is 5.66. The molecule has 1 aromatic carbocycles. The van der Waals surface area contributed by atoms with Crippen LogP contribution in [-0.4, -0.2) is 46.0 Å². The van der Waals surface area contributed by atoms with Crippen molar-refractivity contribution in [3.63, 3.8) is 0 Å². The molecule has 1 heterocycles. The summed E-state index contributed by atoms with van der Waals surface area (Å²) in [7, 11) is -0.288. The minimum absolute atomic E-state index is 0.0725. The normalized spacial score (nSPS) is 22.6. The van der Waals surface area contributed by atoms with E-state index in [-0.39, 0.29) is 22.8 Å². The Balaban J connectivity index is 2.04. The number of esters is 1. The third-order valence-electron chi connectivity index (χ3n) is 6.44. The zero-order valence-electron chi connectivity index (χ0n) is 18.1. The number of carbonyl (C=O) groups is 1. The van der Waals surface area contributed by atoms with Crippen molar-refractivity contribution in [2.75, 3.05) is 26.8 Å². The van der Waals surface area contributed by atoms with Gasteiger partial charge < -0.3 is 9.16 Å². The summed E-state index contributed by atoms with van der Waals surface area (Å²) in [6.45, 7) is 16.8. The molecule has 152 valence electrons. The van der Waals surface area contributed by atoms with Crippen molar-refractivity contribution in [2.45, 2.75) is 52.4 Å². The summed E-state index contributed by atoms with van der Waals surface area (Å²) in [5, 5.41) is 0.198. The number of methoxy groups -OCH3 is 1. The van der Waals surface area contributed by atoms with Gasteiger partial charge in [-0.25, -0.2) is 0 Å². The Bertz CT molecular complexity index is 612. The van der Waals surface area contributed by atoms with Crippen LogP contribution in [0.1, 0.15) is 33.3 Å². The molecule has 1 aromatic rings. The Labute approximate surface area is 166 Å². The summed E-state index contributed by atoms with van der Waals surface area (Å²) >= 11 is 0. The van der Waals surface area contributed by atoms with Crippen molar-refractivity contribution in [3.05, 3.63) is 35.9 Å². The maximum atomic E-state index is 12.4. The molecule has 3 unspecified atom stereocenters. The van der Waals surface area contributed by atoms with Crippen LogP contribution in [0.15, 0.2) is 30.3 Å². The highest BCUT2D eigenvalue weighted by Crippen LogP contribution is 2.38. The molecular weight excluding hydrogens is 354 g/mol. The van der Waals surface area contributed by atoms with Crippen LogP contribution in [0.2, 0.25) is 18.1 Å². The smallest absolute Gasteiger partial charge is 0.310 e. The number of benzene rings is 1. The molecule has 5 heteroatoms. The van der Waals surface area contributed by atoms with Crippen LogP contribution in [0.25, 0.3) is 0 Å². The highest BCUT2D eigenvalue weighted by atomic mass is 28.4. The summed E-state index contributed by atoms with van der Waals surface area (Å²) in [4.78, 5) is 14.8. The monoisotopic (exact) mass is 391 g/mol. The van der Waals surface area contributed by atoms with Crippen molar-refractivity contribution >= 4 is 14.3 Å². The van der Waals surface area contributed by atoms with Crippen molar-refractivity contribution < 1.29 is 14.0 Å². The van der Waals surface area contributed by atoms with Crippen molar-refractivity contribution in [1.29, 1.82) is 0 Å². The molecule has 0 saturated carbocycles. The molecule has 4 nitrogen and oxygen atoms in total. The molecule has 0 spiro atoms. The third-order valence-corrected chi connectivity index (χ3v) is 10.9. The molecule has 0 N–H and O–H groups in total. The average Bonchev–Trinajstić information content (AvgIpc) is 3.03. The molecule has 1 aliphatic rings. The number of hydrogen-bond acceptors (Lipinski definition) is 4. The number of ether oxygens (including phenoxy) is 1. The molecule has 3 atom stereocenters. The van der Waals surface area contributed by atoms with Crippen LogP contribution in [0, 0.1) is 17.8 Å². The largest absolute Gasteiger partial charge is 0.469 e. The first-order chi connectivity index (χ1) is 12.5. The fraction of sp³-hybridized carbons (Fsp3) is 0.682. The van der Waals surface area contributed by atoms with E-state index < -0.39 is 8.32 Å². The molecule has 0 aliphatic carbocycles. The predicted octanol–water partition coefficient (Wildman–Crippen LogP) is 4.57. The fourth-order valence-corrected chi connectivity index (χ4v) is 4.65. The van der Waals surface area contributed by atoms with Crippen LogP contribution in [0.5, 0.6) is 0 Å². The number of carbonyl (C=O) groups excluding carboxylic acids is 1. The van der Waals surface area contributed by atoms with E-state index >= 15 is 0 Å². The molecule has 0 amide bonds. The van der Waals surface area contributed by atoms with Crippen molar-refractivity contribution in [2.24, 2.45) is 17.8 Å². The van der Waals surface area contributed by atoms with E-state index in [9.17, 15) is 4.79 Å². The van der Waals surface area contributed by atoms with Crippen LogP contribution < -0.4 is 0 Å². The van der Waals surface area contributed by atoms with Crippen LogP contribution >= 0.6 is 0 Å². The standard InChI is InChI=1S/C22H37NO3Si/c1-17(16-26-27(6,7)22(2,3)4)19-14-23(15-20(19)21(24)25-5)13-18-11-9-8-10-12-18/h8-12,17,19-20H,13-16H2,1-7H3. The SMILES string of the molecule is COC(=O)C1CN(Cc2ccccc2)CC1C(C)CO[Si](C)(C)C(C)(C)C. The Morgan fingerprint density at radius 3 is 2.41 bits per heavy atom. The number of likely N-dealkylation sites (tertiary alicyclic amines) is 1. The lowest BCUT2D eigenvalue weighted by molar-refractivity contribution is -0.146. The lowest BCUT2D eigenvalue weighted by Crippen LogP contribution is -2.43.